The van der Waals surface area contributed by atoms with E-state index < -0.39 is 18.6 Å². The summed E-state index contributed by atoms with van der Waals surface area (Å²) < 4.78 is 37.0. The number of hydrogen-bond acceptors (Lipinski definition) is 3. The maximum atomic E-state index is 12.1. The Morgan fingerprint density at radius 1 is 1.62 bits per heavy atom. The molecule has 1 heterocycles. The van der Waals surface area contributed by atoms with Gasteiger partial charge < -0.3 is 11.1 Å². The molecule has 1 aromatic rings. The zero-order valence-electron chi connectivity index (χ0n) is 8.51. The molecule has 5 nitrogen and oxygen atoms in total. The lowest BCUT2D eigenvalue weighted by Gasteiger charge is -2.10. The Hall–Kier alpha value is -1.73. The van der Waals surface area contributed by atoms with Gasteiger partial charge >= 0.3 is 6.18 Å². The summed E-state index contributed by atoms with van der Waals surface area (Å²) in [5.74, 6) is -0.665. The third kappa shape index (κ3) is 2.88. The largest absolute Gasteiger partial charge is 0.408 e. The molecule has 0 unspecified atom stereocenters. The zero-order valence-corrected chi connectivity index (χ0v) is 8.51. The summed E-state index contributed by atoms with van der Waals surface area (Å²) in [6.45, 7) is 0.616. The van der Waals surface area contributed by atoms with E-state index in [1.807, 2.05) is 0 Å². The summed E-state index contributed by atoms with van der Waals surface area (Å²) in [7, 11) is 0. The second-order valence-electron chi connectivity index (χ2n) is 3.08. The molecule has 1 aromatic heterocycles. The van der Waals surface area contributed by atoms with Crippen molar-refractivity contribution in [3.05, 3.63) is 11.9 Å². The molecule has 0 aliphatic heterocycles. The van der Waals surface area contributed by atoms with Crippen molar-refractivity contribution >= 4 is 11.6 Å². The predicted octanol–water partition coefficient (Wildman–Crippen LogP) is 0.777. The van der Waals surface area contributed by atoms with E-state index in [-0.39, 0.29) is 11.4 Å². The summed E-state index contributed by atoms with van der Waals surface area (Å²) in [6.07, 6.45) is -3.42. The molecule has 90 valence electrons. The van der Waals surface area contributed by atoms with Gasteiger partial charge in [-0.05, 0) is 6.92 Å². The highest BCUT2D eigenvalue weighted by atomic mass is 19.4. The minimum atomic E-state index is -4.44. The van der Waals surface area contributed by atoms with Gasteiger partial charge in [0.25, 0.3) is 5.91 Å². The van der Waals surface area contributed by atoms with Gasteiger partial charge in [-0.15, -0.1) is 0 Å². The van der Waals surface area contributed by atoms with E-state index in [2.05, 4.69) is 10.4 Å². The van der Waals surface area contributed by atoms with Crippen LogP contribution < -0.4 is 11.1 Å². The number of nitrogens with zero attached hydrogens (tertiary/aromatic N) is 2. The van der Waals surface area contributed by atoms with Crippen LogP contribution in [-0.2, 0) is 6.54 Å². The van der Waals surface area contributed by atoms with Crippen LogP contribution in [0.3, 0.4) is 0 Å². The van der Waals surface area contributed by atoms with Crippen molar-refractivity contribution in [3.63, 3.8) is 0 Å². The Balaban J connectivity index is 2.98. The van der Waals surface area contributed by atoms with Crippen LogP contribution in [0.4, 0.5) is 18.9 Å². The summed E-state index contributed by atoms with van der Waals surface area (Å²) in [5.41, 5.74) is 5.04. The highest BCUT2D eigenvalue weighted by molar-refractivity contribution is 5.97. The first-order chi connectivity index (χ1) is 7.35. The van der Waals surface area contributed by atoms with Crippen molar-refractivity contribution in [2.24, 2.45) is 0 Å². The maximum absolute atomic E-state index is 12.1. The third-order valence-corrected chi connectivity index (χ3v) is 1.75. The van der Waals surface area contributed by atoms with Crippen LogP contribution in [0, 0.1) is 0 Å². The summed E-state index contributed by atoms with van der Waals surface area (Å²) in [4.78, 5) is 11.4. The normalized spacial score (nSPS) is 11.5. The second kappa shape index (κ2) is 4.42. The lowest BCUT2D eigenvalue weighted by Crippen LogP contribution is -2.29. The van der Waals surface area contributed by atoms with Crippen LogP contribution in [0.2, 0.25) is 0 Å². The Morgan fingerprint density at radius 2 is 2.25 bits per heavy atom. The van der Waals surface area contributed by atoms with Gasteiger partial charge in [-0.1, -0.05) is 0 Å². The van der Waals surface area contributed by atoms with Gasteiger partial charge in [0.05, 0.1) is 11.9 Å². The summed E-state index contributed by atoms with van der Waals surface area (Å²) in [5, 5.41) is 5.78. The number of halogens is 3. The number of nitrogens with one attached hydrogen (secondary N) is 1. The van der Waals surface area contributed by atoms with E-state index in [9.17, 15) is 18.0 Å². The minimum Gasteiger partial charge on any atom is -0.396 e. The highest BCUT2D eigenvalue weighted by Crippen LogP contribution is 2.20. The van der Waals surface area contributed by atoms with Crippen molar-refractivity contribution in [1.29, 1.82) is 0 Å². The number of alkyl halides is 3. The molecule has 0 atom stereocenters. The van der Waals surface area contributed by atoms with Gasteiger partial charge in [0.1, 0.15) is 12.2 Å². The monoisotopic (exact) mass is 236 g/mol. The molecule has 0 spiro atoms. The second-order valence-corrected chi connectivity index (χ2v) is 3.08. The molecule has 0 saturated heterocycles. The van der Waals surface area contributed by atoms with Crippen molar-refractivity contribution in [3.8, 4) is 0 Å². The molecule has 0 radical (unpaired) electrons. The van der Waals surface area contributed by atoms with Crippen LogP contribution in [0.15, 0.2) is 6.20 Å². The van der Waals surface area contributed by atoms with Gasteiger partial charge in [-0.2, -0.15) is 18.3 Å². The topological polar surface area (TPSA) is 72.9 Å². The average molecular weight is 236 g/mol. The molecule has 0 saturated carbocycles. The quantitative estimate of drug-likeness (QED) is 0.814. The van der Waals surface area contributed by atoms with Crippen molar-refractivity contribution in [2.45, 2.75) is 19.6 Å². The van der Waals surface area contributed by atoms with E-state index in [4.69, 9.17) is 5.73 Å². The fourth-order valence-electron chi connectivity index (χ4n) is 1.18. The fourth-order valence-corrected chi connectivity index (χ4v) is 1.18. The van der Waals surface area contributed by atoms with Crippen LogP contribution in [0.1, 0.15) is 17.4 Å². The third-order valence-electron chi connectivity index (χ3n) is 1.75. The molecule has 0 bridgehead atoms. The molecular formula is C8H11F3N4O. The van der Waals surface area contributed by atoms with Gasteiger partial charge in [0.2, 0.25) is 0 Å². The van der Waals surface area contributed by atoms with Crippen LogP contribution >= 0.6 is 0 Å². The van der Waals surface area contributed by atoms with Crippen molar-refractivity contribution in [2.75, 3.05) is 12.3 Å². The van der Waals surface area contributed by atoms with Gasteiger partial charge in [0.15, 0.2) is 0 Å². The molecule has 0 aromatic carbocycles. The van der Waals surface area contributed by atoms with Gasteiger partial charge in [0, 0.05) is 6.54 Å². The predicted molar refractivity (Wildman–Crippen MR) is 50.7 cm³/mol. The van der Waals surface area contributed by atoms with Crippen molar-refractivity contribution < 1.29 is 18.0 Å². The molecular weight excluding hydrogens is 225 g/mol. The number of amides is 1. The SMILES string of the molecule is CCNC(=O)c1c(N)cnn1CC(F)(F)F. The van der Waals surface area contributed by atoms with E-state index in [1.54, 1.807) is 6.92 Å². The minimum absolute atomic E-state index is 0.0739. The number of carbonyl (C=O) groups excluding carboxylic acids is 1. The van der Waals surface area contributed by atoms with Crippen LogP contribution in [0.25, 0.3) is 0 Å². The van der Waals surface area contributed by atoms with Crippen LogP contribution in [0.5, 0.6) is 0 Å². The molecule has 0 aliphatic carbocycles. The standard InChI is InChI=1S/C8H11F3N4O/c1-2-13-7(16)6-5(12)3-14-15(6)4-8(9,10)11/h3H,2,4,12H2,1H3,(H,13,16). The molecule has 1 amide bonds. The number of carbonyl (C=O) groups is 1. The van der Waals surface area contributed by atoms with Gasteiger partial charge in [-0.25, -0.2) is 4.68 Å². The Kier molecular flexibility index (Phi) is 3.41. The Bertz CT molecular complexity index is 385. The molecule has 1 rings (SSSR count). The lowest BCUT2D eigenvalue weighted by atomic mass is 10.3. The number of anilines is 1. The first kappa shape index (κ1) is 12.3. The van der Waals surface area contributed by atoms with E-state index in [1.165, 1.54) is 0 Å². The van der Waals surface area contributed by atoms with E-state index >= 15 is 0 Å². The van der Waals surface area contributed by atoms with Crippen molar-refractivity contribution in [1.82, 2.24) is 15.1 Å². The number of rotatable bonds is 3. The molecule has 0 fully saturated rings. The molecule has 0 aliphatic rings. The first-order valence-corrected chi connectivity index (χ1v) is 4.51. The Labute approximate surface area is 89.4 Å². The average Bonchev–Trinajstić information content (AvgIpc) is 2.44. The van der Waals surface area contributed by atoms with Gasteiger partial charge in [-0.3, -0.25) is 4.79 Å². The summed E-state index contributed by atoms with van der Waals surface area (Å²) >= 11 is 0. The summed E-state index contributed by atoms with van der Waals surface area (Å²) in [6, 6.07) is 0. The smallest absolute Gasteiger partial charge is 0.396 e. The Morgan fingerprint density at radius 3 is 2.75 bits per heavy atom. The maximum Gasteiger partial charge on any atom is 0.408 e. The number of aromatic nitrogens is 2. The van der Waals surface area contributed by atoms with E-state index in [0.29, 0.717) is 11.2 Å². The number of hydrogen-bond donors (Lipinski definition) is 2. The molecule has 3 N–H and O–H groups in total. The molecule has 16 heavy (non-hydrogen) atoms. The number of nitrogens with two attached hydrogens (primary N) is 1. The molecule has 8 heteroatoms. The van der Waals surface area contributed by atoms with Crippen LogP contribution in [-0.4, -0.2) is 28.4 Å². The zero-order chi connectivity index (χ0) is 12.3. The van der Waals surface area contributed by atoms with E-state index in [0.717, 1.165) is 6.20 Å². The fraction of sp³-hybridized carbons (Fsp3) is 0.500. The number of nitrogen functional groups attached to an aromatic ring is 1. The first-order valence-electron chi connectivity index (χ1n) is 4.51. The highest BCUT2D eigenvalue weighted by Gasteiger charge is 2.31. The lowest BCUT2D eigenvalue weighted by molar-refractivity contribution is -0.142.